The Morgan fingerprint density at radius 2 is 1.19 bits per heavy atom. The Labute approximate surface area is 306 Å². The van der Waals surface area contributed by atoms with E-state index in [1.165, 1.54) is 38.1 Å². The van der Waals surface area contributed by atoms with Gasteiger partial charge in [0.15, 0.2) is 0 Å². The highest BCUT2D eigenvalue weighted by molar-refractivity contribution is 5.96. The van der Waals surface area contributed by atoms with Crippen molar-refractivity contribution in [2.24, 2.45) is 11.5 Å². The van der Waals surface area contributed by atoms with Crippen molar-refractivity contribution in [3.63, 3.8) is 0 Å². The zero-order valence-corrected chi connectivity index (χ0v) is 30.5. The molecule has 2 aliphatic rings. The van der Waals surface area contributed by atoms with E-state index in [1.54, 1.807) is 21.9 Å². The standard InChI is InChI=1S/C39H48F2N6O6/c1-5-7-33(43)39(51)47-19-27(53-21(4)49)15-25(47)17-31-29-11-9-23(41)13-35(29)45-37(31)36-30(28-10-8-22(40)12-34(28)44-36)16-24-14-26(52-20(3)48)18-46(24)38(50)32(42)6-2/h8-13,24-27,32-33,44-45H,5-7,14-19,42-43H2,1-4H3/t24-,25-,26-,27-,32-,33-/m0/s1. The van der Waals surface area contributed by atoms with Gasteiger partial charge in [-0.15, -0.1) is 0 Å². The molecule has 6 N–H and O–H groups in total. The summed E-state index contributed by atoms with van der Waals surface area (Å²) in [5.41, 5.74) is 16.3. The number of amides is 2. The number of aromatic amines is 2. The number of ether oxygens (including phenoxy) is 2. The van der Waals surface area contributed by atoms with E-state index < -0.39 is 59.9 Å². The van der Waals surface area contributed by atoms with Gasteiger partial charge < -0.3 is 40.7 Å². The molecule has 0 radical (unpaired) electrons. The predicted molar refractivity (Wildman–Crippen MR) is 195 cm³/mol. The van der Waals surface area contributed by atoms with E-state index in [2.05, 4.69) is 9.97 Å². The van der Waals surface area contributed by atoms with Crippen LogP contribution < -0.4 is 11.5 Å². The van der Waals surface area contributed by atoms with Crippen LogP contribution in [-0.4, -0.2) is 93.0 Å². The number of fused-ring (bicyclic) bond motifs is 2. The quantitative estimate of drug-likeness (QED) is 0.153. The molecule has 2 saturated heterocycles. The number of benzene rings is 2. The molecule has 0 spiro atoms. The Balaban J connectivity index is 1.47. The van der Waals surface area contributed by atoms with Gasteiger partial charge in [0.1, 0.15) is 23.8 Å². The van der Waals surface area contributed by atoms with Crippen LogP contribution in [-0.2, 0) is 41.5 Å². The van der Waals surface area contributed by atoms with Gasteiger partial charge in [-0.3, -0.25) is 19.2 Å². The minimum atomic E-state index is -0.737. The maximum atomic E-state index is 14.7. The number of nitrogens with one attached hydrogen (secondary N) is 2. The number of nitrogens with two attached hydrogens (primary N) is 2. The van der Waals surface area contributed by atoms with Crippen LogP contribution in [0.2, 0.25) is 0 Å². The van der Waals surface area contributed by atoms with Crippen molar-refractivity contribution in [3.8, 4) is 11.4 Å². The fourth-order valence-electron chi connectivity index (χ4n) is 8.13. The lowest BCUT2D eigenvalue weighted by molar-refractivity contribution is -0.147. The lowest BCUT2D eigenvalue weighted by Crippen LogP contribution is -2.47. The molecule has 0 bridgehead atoms. The second kappa shape index (κ2) is 15.7. The van der Waals surface area contributed by atoms with E-state index in [0.717, 1.165) is 28.3 Å². The summed E-state index contributed by atoms with van der Waals surface area (Å²) in [5, 5.41) is 1.44. The molecular weight excluding hydrogens is 686 g/mol. The molecule has 4 aromatic rings. The van der Waals surface area contributed by atoms with Crippen LogP contribution in [0.3, 0.4) is 0 Å². The summed E-state index contributed by atoms with van der Waals surface area (Å²) in [7, 11) is 0. The number of rotatable bonds is 12. The summed E-state index contributed by atoms with van der Waals surface area (Å²) < 4.78 is 40.6. The molecule has 6 atom stereocenters. The van der Waals surface area contributed by atoms with Crippen molar-refractivity contribution in [3.05, 3.63) is 59.2 Å². The van der Waals surface area contributed by atoms with Gasteiger partial charge in [0.05, 0.1) is 36.6 Å². The van der Waals surface area contributed by atoms with Gasteiger partial charge in [-0.05, 0) is 73.2 Å². The molecule has 53 heavy (non-hydrogen) atoms. The second-order valence-electron chi connectivity index (χ2n) is 14.4. The summed E-state index contributed by atoms with van der Waals surface area (Å²) >= 11 is 0. The van der Waals surface area contributed by atoms with Crippen molar-refractivity contribution in [2.75, 3.05) is 13.1 Å². The van der Waals surface area contributed by atoms with Gasteiger partial charge in [-0.2, -0.15) is 0 Å². The summed E-state index contributed by atoms with van der Waals surface area (Å²) in [6, 6.07) is 6.61. The van der Waals surface area contributed by atoms with Gasteiger partial charge in [0.2, 0.25) is 11.8 Å². The van der Waals surface area contributed by atoms with Crippen LogP contribution >= 0.6 is 0 Å². The molecule has 2 amide bonds. The smallest absolute Gasteiger partial charge is 0.302 e. The Morgan fingerprint density at radius 3 is 1.58 bits per heavy atom. The molecule has 0 aliphatic carbocycles. The van der Waals surface area contributed by atoms with Crippen LogP contribution in [0, 0.1) is 11.6 Å². The molecule has 6 rings (SSSR count). The fourth-order valence-corrected chi connectivity index (χ4v) is 8.13. The topological polar surface area (TPSA) is 177 Å². The SMILES string of the molecule is CCC[C@H](N)C(=O)N1C[C@@H](OC(C)=O)C[C@H]1Cc1c(-c2[nH]c3cc(F)ccc3c2C[C@@H]2C[C@H](OC(C)=O)CN2C(=O)[C@@H](N)CC)[nH]c2cc(F)ccc12. The zero-order chi connectivity index (χ0) is 38.1. The lowest BCUT2D eigenvalue weighted by Gasteiger charge is -2.28. The second-order valence-corrected chi connectivity index (χ2v) is 14.4. The first-order chi connectivity index (χ1) is 25.3. The van der Waals surface area contributed by atoms with Gasteiger partial charge in [0, 0.05) is 60.6 Å². The first-order valence-corrected chi connectivity index (χ1v) is 18.3. The molecule has 284 valence electrons. The molecule has 12 nitrogen and oxygen atoms in total. The maximum Gasteiger partial charge on any atom is 0.302 e. The molecule has 2 aliphatic heterocycles. The third kappa shape index (κ3) is 7.93. The normalized spacial score (nSPS) is 21.4. The van der Waals surface area contributed by atoms with Gasteiger partial charge in [-0.1, -0.05) is 20.3 Å². The monoisotopic (exact) mass is 734 g/mol. The maximum absolute atomic E-state index is 14.7. The van der Waals surface area contributed by atoms with E-state index >= 15 is 0 Å². The predicted octanol–water partition coefficient (Wildman–Crippen LogP) is 4.61. The van der Waals surface area contributed by atoms with E-state index in [-0.39, 0.29) is 24.9 Å². The highest BCUT2D eigenvalue weighted by Gasteiger charge is 2.41. The zero-order valence-electron chi connectivity index (χ0n) is 30.5. The minimum Gasteiger partial charge on any atom is -0.461 e. The van der Waals surface area contributed by atoms with Crippen LogP contribution in [0.1, 0.15) is 70.9 Å². The van der Waals surface area contributed by atoms with Gasteiger partial charge in [-0.25, -0.2) is 8.78 Å². The Morgan fingerprint density at radius 1 is 0.755 bits per heavy atom. The number of hydrogen-bond donors (Lipinski definition) is 4. The minimum absolute atomic E-state index is 0.190. The van der Waals surface area contributed by atoms with E-state index in [0.29, 0.717) is 60.9 Å². The summed E-state index contributed by atoms with van der Waals surface area (Å²) in [4.78, 5) is 61.4. The number of nitrogens with zero attached hydrogens (tertiary/aromatic N) is 2. The molecular formula is C39H48F2N6O6. The number of halogens is 2. The van der Waals surface area contributed by atoms with Crippen LogP contribution in [0.25, 0.3) is 33.2 Å². The summed E-state index contributed by atoms with van der Waals surface area (Å²) in [6.07, 6.45) is 1.93. The molecule has 0 unspecified atom stereocenters. The van der Waals surface area contributed by atoms with E-state index in [4.69, 9.17) is 20.9 Å². The highest BCUT2D eigenvalue weighted by Crippen LogP contribution is 2.40. The van der Waals surface area contributed by atoms with Crippen molar-refractivity contribution in [2.45, 2.75) is 109 Å². The number of carbonyl (C=O) groups is 4. The first kappa shape index (κ1) is 37.9. The number of aromatic nitrogens is 2. The number of likely N-dealkylation sites (tertiary alicyclic amines) is 2. The van der Waals surface area contributed by atoms with E-state index in [9.17, 15) is 28.0 Å². The average Bonchev–Trinajstić information content (AvgIpc) is 3.86. The van der Waals surface area contributed by atoms with Crippen molar-refractivity contribution < 1.29 is 37.4 Å². The molecule has 4 heterocycles. The van der Waals surface area contributed by atoms with E-state index in [1.807, 2.05) is 13.8 Å². The summed E-state index contributed by atoms with van der Waals surface area (Å²) in [5.74, 6) is -2.29. The first-order valence-electron chi connectivity index (χ1n) is 18.3. The molecule has 2 aromatic carbocycles. The number of esters is 2. The molecule has 2 aromatic heterocycles. The number of H-pyrrole nitrogens is 2. The number of carbonyl (C=O) groups excluding carboxylic acids is 4. The van der Waals surface area contributed by atoms with Gasteiger partial charge >= 0.3 is 11.9 Å². The highest BCUT2D eigenvalue weighted by atomic mass is 19.1. The molecule has 14 heteroatoms. The summed E-state index contributed by atoms with van der Waals surface area (Å²) in [6.45, 7) is 6.82. The fraction of sp³-hybridized carbons (Fsp3) is 0.487. The third-order valence-corrected chi connectivity index (χ3v) is 10.5. The third-order valence-electron chi connectivity index (χ3n) is 10.5. The Hall–Kier alpha value is -4.82. The van der Waals surface area contributed by atoms with Crippen LogP contribution in [0.4, 0.5) is 8.78 Å². The van der Waals surface area contributed by atoms with Crippen molar-refractivity contribution in [1.82, 2.24) is 19.8 Å². The molecule has 2 fully saturated rings. The Kier molecular flexibility index (Phi) is 11.2. The van der Waals surface area contributed by atoms with Crippen molar-refractivity contribution >= 4 is 45.6 Å². The largest absolute Gasteiger partial charge is 0.461 e. The molecule has 0 saturated carbocycles. The van der Waals surface area contributed by atoms with Crippen LogP contribution in [0.15, 0.2) is 36.4 Å². The average molecular weight is 735 g/mol. The lowest BCUT2D eigenvalue weighted by atomic mass is 9.94. The van der Waals surface area contributed by atoms with Crippen LogP contribution in [0.5, 0.6) is 0 Å². The Bertz CT molecular complexity index is 2030. The van der Waals surface area contributed by atoms with Crippen molar-refractivity contribution in [1.29, 1.82) is 0 Å². The van der Waals surface area contributed by atoms with Gasteiger partial charge in [0.25, 0.3) is 0 Å². The number of hydrogen-bond acceptors (Lipinski definition) is 8.